The molecule has 30 heavy (non-hydrogen) atoms. The van der Waals surface area contributed by atoms with E-state index in [1.165, 1.54) is 0 Å². The predicted octanol–water partition coefficient (Wildman–Crippen LogP) is 4.14. The Balaban J connectivity index is 1.31. The van der Waals surface area contributed by atoms with Gasteiger partial charge in [-0.15, -0.1) is 0 Å². The van der Waals surface area contributed by atoms with E-state index in [9.17, 15) is 9.59 Å². The Bertz CT molecular complexity index is 1420. The Labute approximate surface area is 171 Å². The maximum atomic E-state index is 12.5. The molecule has 0 radical (unpaired) electrons. The number of hydrogen-bond donors (Lipinski definition) is 2. The van der Waals surface area contributed by atoms with Crippen molar-refractivity contribution in [1.29, 1.82) is 0 Å². The van der Waals surface area contributed by atoms with E-state index in [4.69, 9.17) is 4.42 Å². The Hall–Kier alpha value is -4.19. The number of aromatic nitrogens is 1. The minimum absolute atomic E-state index is 0.0758. The van der Waals surface area contributed by atoms with Crippen LogP contribution in [0.4, 0.5) is 0 Å². The molecule has 5 rings (SSSR count). The van der Waals surface area contributed by atoms with Gasteiger partial charge in [0.1, 0.15) is 11.3 Å². The van der Waals surface area contributed by atoms with Crippen LogP contribution >= 0.6 is 0 Å². The molecule has 0 atom stereocenters. The summed E-state index contributed by atoms with van der Waals surface area (Å²) < 4.78 is 5.62. The number of carbonyl (C=O) groups excluding carboxylic acids is 2. The molecule has 2 amide bonds. The third-order valence-corrected chi connectivity index (χ3v) is 5.04. The highest BCUT2D eigenvalue weighted by Crippen LogP contribution is 2.30. The third-order valence-electron chi connectivity index (χ3n) is 5.04. The van der Waals surface area contributed by atoms with Gasteiger partial charge in [0.2, 0.25) is 5.91 Å². The van der Waals surface area contributed by atoms with Crippen molar-refractivity contribution in [2.75, 3.05) is 0 Å². The van der Waals surface area contributed by atoms with Gasteiger partial charge < -0.3 is 4.42 Å². The van der Waals surface area contributed by atoms with Crippen molar-refractivity contribution in [2.45, 2.75) is 6.42 Å². The quantitative estimate of drug-likeness (QED) is 0.450. The van der Waals surface area contributed by atoms with Crippen LogP contribution in [0.15, 0.2) is 83.5 Å². The van der Waals surface area contributed by atoms with E-state index in [0.717, 1.165) is 32.7 Å². The molecule has 146 valence electrons. The van der Waals surface area contributed by atoms with Crippen molar-refractivity contribution in [3.8, 4) is 0 Å². The summed E-state index contributed by atoms with van der Waals surface area (Å²) in [7, 11) is 0. The molecular formula is C24H17N3O3. The lowest BCUT2D eigenvalue weighted by Crippen LogP contribution is -2.42. The van der Waals surface area contributed by atoms with E-state index in [2.05, 4.69) is 15.8 Å². The summed E-state index contributed by atoms with van der Waals surface area (Å²) in [6, 6.07) is 22.8. The second-order valence-electron chi connectivity index (χ2n) is 6.99. The average molecular weight is 395 g/mol. The number of nitrogens with zero attached hydrogens (tertiary/aromatic N) is 1. The van der Waals surface area contributed by atoms with Gasteiger partial charge >= 0.3 is 0 Å². The fraction of sp³-hybridized carbons (Fsp3) is 0.0417. The zero-order valence-corrected chi connectivity index (χ0v) is 15.9. The van der Waals surface area contributed by atoms with Gasteiger partial charge in [-0.3, -0.25) is 20.4 Å². The maximum Gasteiger partial charge on any atom is 0.288 e. The van der Waals surface area contributed by atoms with E-state index < -0.39 is 5.91 Å². The van der Waals surface area contributed by atoms with Crippen LogP contribution in [0, 0.1) is 0 Å². The molecule has 0 aliphatic heterocycles. The largest absolute Gasteiger partial charge is 0.464 e. The summed E-state index contributed by atoms with van der Waals surface area (Å²) >= 11 is 0. The van der Waals surface area contributed by atoms with Crippen molar-refractivity contribution in [3.63, 3.8) is 0 Å². The van der Waals surface area contributed by atoms with Gasteiger partial charge in [-0.1, -0.05) is 54.6 Å². The van der Waals surface area contributed by atoms with Gasteiger partial charge in [0.05, 0.1) is 18.2 Å². The van der Waals surface area contributed by atoms with Crippen LogP contribution in [0.3, 0.4) is 0 Å². The highest BCUT2D eigenvalue weighted by Gasteiger charge is 2.14. The van der Waals surface area contributed by atoms with Crippen LogP contribution in [-0.2, 0) is 11.2 Å². The molecule has 6 nitrogen and oxygen atoms in total. The Morgan fingerprint density at radius 2 is 1.60 bits per heavy atom. The topological polar surface area (TPSA) is 84.2 Å². The lowest BCUT2D eigenvalue weighted by molar-refractivity contribution is -0.121. The number of amides is 2. The third kappa shape index (κ3) is 3.24. The number of nitrogens with one attached hydrogen (secondary N) is 2. The highest BCUT2D eigenvalue weighted by molar-refractivity contribution is 6.08. The first-order valence-corrected chi connectivity index (χ1v) is 9.52. The molecule has 6 heteroatoms. The molecule has 0 aliphatic carbocycles. The fourth-order valence-corrected chi connectivity index (χ4v) is 3.60. The minimum Gasteiger partial charge on any atom is -0.464 e. The number of hydrazine groups is 1. The molecular weight excluding hydrogens is 378 g/mol. The second kappa shape index (κ2) is 7.33. The molecule has 2 heterocycles. The lowest BCUT2D eigenvalue weighted by atomic mass is 10.0. The highest BCUT2D eigenvalue weighted by atomic mass is 16.3. The van der Waals surface area contributed by atoms with Crippen molar-refractivity contribution in [1.82, 2.24) is 15.8 Å². The Morgan fingerprint density at radius 1 is 0.833 bits per heavy atom. The summed E-state index contributed by atoms with van der Waals surface area (Å²) in [5, 5.41) is 3.95. The number of benzene rings is 3. The lowest BCUT2D eigenvalue weighted by Gasteiger charge is -2.07. The number of pyridine rings is 1. The molecule has 2 aromatic heterocycles. The van der Waals surface area contributed by atoms with Gasteiger partial charge in [0, 0.05) is 16.3 Å². The van der Waals surface area contributed by atoms with E-state index in [1.54, 1.807) is 12.3 Å². The predicted molar refractivity (Wildman–Crippen MR) is 115 cm³/mol. The normalized spacial score (nSPS) is 11.1. The molecule has 0 bridgehead atoms. The maximum absolute atomic E-state index is 12.5. The summed E-state index contributed by atoms with van der Waals surface area (Å²) in [6.45, 7) is 0. The molecule has 5 aromatic rings. The number of para-hydroxylation sites is 1. The van der Waals surface area contributed by atoms with E-state index >= 15 is 0 Å². The fourth-order valence-electron chi connectivity index (χ4n) is 3.60. The van der Waals surface area contributed by atoms with Gasteiger partial charge in [0.15, 0.2) is 0 Å². The first-order chi connectivity index (χ1) is 14.7. The van der Waals surface area contributed by atoms with Crippen LogP contribution in [0.2, 0.25) is 0 Å². The number of fused-ring (bicyclic) bond motifs is 4. The van der Waals surface area contributed by atoms with Gasteiger partial charge in [-0.25, -0.2) is 4.98 Å². The van der Waals surface area contributed by atoms with Crippen molar-refractivity contribution < 1.29 is 14.0 Å². The van der Waals surface area contributed by atoms with Crippen LogP contribution in [0.25, 0.3) is 32.6 Å². The zero-order valence-electron chi connectivity index (χ0n) is 15.9. The van der Waals surface area contributed by atoms with Gasteiger partial charge in [-0.2, -0.15) is 0 Å². The summed E-state index contributed by atoms with van der Waals surface area (Å²) in [4.78, 5) is 29.2. The molecule has 0 saturated heterocycles. The van der Waals surface area contributed by atoms with Crippen LogP contribution < -0.4 is 10.9 Å². The first kappa shape index (κ1) is 17.9. The first-order valence-electron chi connectivity index (χ1n) is 9.52. The van der Waals surface area contributed by atoms with E-state index in [1.807, 2.05) is 66.7 Å². The number of hydrogen-bond acceptors (Lipinski definition) is 4. The molecule has 2 N–H and O–H groups in total. The van der Waals surface area contributed by atoms with E-state index in [-0.39, 0.29) is 18.0 Å². The monoisotopic (exact) mass is 395 g/mol. The second-order valence-corrected chi connectivity index (χ2v) is 6.99. The molecule has 0 saturated carbocycles. The number of furan rings is 1. The van der Waals surface area contributed by atoms with Crippen LogP contribution in [-0.4, -0.2) is 16.8 Å². The van der Waals surface area contributed by atoms with Gasteiger partial charge in [0.25, 0.3) is 5.91 Å². The zero-order chi connectivity index (χ0) is 20.5. The van der Waals surface area contributed by atoms with Crippen LogP contribution in [0.5, 0.6) is 0 Å². The van der Waals surface area contributed by atoms with Crippen LogP contribution in [0.1, 0.15) is 16.1 Å². The summed E-state index contributed by atoms with van der Waals surface area (Å²) in [5.74, 6) is -0.823. The minimum atomic E-state index is -0.475. The van der Waals surface area contributed by atoms with Gasteiger partial charge in [-0.05, 0) is 29.0 Å². The summed E-state index contributed by atoms with van der Waals surface area (Å²) in [6.07, 6.45) is 1.66. The smallest absolute Gasteiger partial charge is 0.288 e. The van der Waals surface area contributed by atoms with E-state index in [0.29, 0.717) is 5.52 Å². The number of rotatable bonds is 3. The summed E-state index contributed by atoms with van der Waals surface area (Å²) in [5.41, 5.74) is 7.32. The molecule has 0 aliphatic rings. The van der Waals surface area contributed by atoms with Crippen molar-refractivity contribution in [2.24, 2.45) is 0 Å². The van der Waals surface area contributed by atoms with Crippen molar-refractivity contribution >= 4 is 44.5 Å². The van der Waals surface area contributed by atoms with Crippen molar-refractivity contribution in [3.05, 3.63) is 90.3 Å². The Kier molecular flexibility index (Phi) is 4.37. The molecule has 3 aromatic carbocycles. The standard InChI is InChI=1S/C24H17N3O3/c28-22(26-27-24(29)20-11-9-16-6-2-4-8-19(16)25-20)13-17-14-30-21-12-10-15-5-1-3-7-18(15)23(17)21/h1-12,14H,13H2,(H,26,28)(H,27,29). The molecule has 0 fully saturated rings. The Morgan fingerprint density at radius 3 is 2.50 bits per heavy atom. The number of carbonyl (C=O) groups is 2. The average Bonchev–Trinajstić information content (AvgIpc) is 3.20. The SMILES string of the molecule is O=C(Cc1coc2ccc3ccccc3c12)NNC(=O)c1ccc2ccccc2n1. The molecule has 0 unspecified atom stereocenters. The molecule has 0 spiro atoms.